The van der Waals surface area contributed by atoms with Crippen LogP contribution in [0.25, 0.3) is 0 Å². The zero-order valence-corrected chi connectivity index (χ0v) is 12.2. The number of hydrogen-bond donors (Lipinski definition) is 2. The Kier molecular flexibility index (Phi) is 5.22. The van der Waals surface area contributed by atoms with E-state index in [1.54, 1.807) is 6.92 Å². The van der Waals surface area contributed by atoms with Crippen LogP contribution in [0.4, 0.5) is 0 Å². The van der Waals surface area contributed by atoms with Crippen molar-refractivity contribution < 1.29 is 9.90 Å². The molecule has 1 heterocycles. The van der Waals surface area contributed by atoms with E-state index < -0.39 is 11.4 Å². The Hall–Kier alpha value is -0.550. The van der Waals surface area contributed by atoms with Crippen LogP contribution in [-0.2, 0) is 0 Å². The van der Waals surface area contributed by atoms with E-state index >= 15 is 0 Å². The predicted molar refractivity (Wildman–Crippen MR) is 72.5 cm³/mol. The highest BCUT2D eigenvalue weighted by atomic mass is 35.5. The minimum absolute atomic E-state index is 0.00180. The van der Waals surface area contributed by atoms with Crippen LogP contribution in [0.3, 0.4) is 0 Å². The number of aliphatic hydroxyl groups excluding tert-OH is 1. The lowest BCUT2D eigenvalue weighted by molar-refractivity contribution is 0.0842. The lowest BCUT2D eigenvalue weighted by Gasteiger charge is -2.27. The fourth-order valence-corrected chi connectivity index (χ4v) is 1.74. The standard InChI is InChI=1S/C11H13Cl3N2O2/c1-3-11(2,5-17)16-10(18)9-8(14)7(13)6(12)4-15-9/h4,17H,3,5H2,1-2H3,(H,16,18). The van der Waals surface area contributed by atoms with Gasteiger partial charge in [-0.15, -0.1) is 0 Å². The third-order valence-corrected chi connectivity index (χ3v) is 3.92. The van der Waals surface area contributed by atoms with Gasteiger partial charge < -0.3 is 10.4 Å². The molecule has 18 heavy (non-hydrogen) atoms. The third-order valence-electron chi connectivity index (χ3n) is 2.68. The molecule has 7 heteroatoms. The van der Waals surface area contributed by atoms with Gasteiger partial charge in [0.25, 0.3) is 5.91 Å². The summed E-state index contributed by atoms with van der Waals surface area (Å²) in [4.78, 5) is 15.8. The Morgan fingerprint density at radius 3 is 2.56 bits per heavy atom. The zero-order valence-electron chi connectivity index (χ0n) is 9.93. The Morgan fingerprint density at radius 2 is 2.06 bits per heavy atom. The Balaban J connectivity index is 3.02. The lowest BCUT2D eigenvalue weighted by Crippen LogP contribution is -2.48. The van der Waals surface area contributed by atoms with Gasteiger partial charge in [0, 0.05) is 6.20 Å². The van der Waals surface area contributed by atoms with Crippen molar-refractivity contribution >= 4 is 40.7 Å². The van der Waals surface area contributed by atoms with Crippen LogP contribution in [0.2, 0.25) is 15.1 Å². The van der Waals surface area contributed by atoms with Crippen LogP contribution in [0.15, 0.2) is 6.20 Å². The molecule has 0 aromatic carbocycles. The minimum atomic E-state index is -0.728. The van der Waals surface area contributed by atoms with Crippen LogP contribution >= 0.6 is 34.8 Å². The predicted octanol–water partition coefficient (Wildman–Crippen LogP) is 2.93. The number of carbonyl (C=O) groups excluding carboxylic acids is 1. The van der Waals surface area contributed by atoms with Gasteiger partial charge in [-0.1, -0.05) is 41.7 Å². The second-order valence-electron chi connectivity index (χ2n) is 4.11. The summed E-state index contributed by atoms with van der Waals surface area (Å²) in [6, 6.07) is 0. The van der Waals surface area contributed by atoms with Gasteiger partial charge in [-0.25, -0.2) is 4.98 Å². The summed E-state index contributed by atoms with van der Waals surface area (Å²) in [7, 11) is 0. The maximum Gasteiger partial charge on any atom is 0.271 e. The fourth-order valence-electron chi connectivity index (χ4n) is 1.17. The smallest absolute Gasteiger partial charge is 0.271 e. The molecule has 1 aromatic heterocycles. The normalized spacial score (nSPS) is 14.1. The summed E-state index contributed by atoms with van der Waals surface area (Å²) < 4.78 is 0. The summed E-state index contributed by atoms with van der Waals surface area (Å²) in [5.41, 5.74) is -0.743. The number of nitrogens with one attached hydrogen (secondary N) is 1. The van der Waals surface area contributed by atoms with E-state index in [0.29, 0.717) is 6.42 Å². The van der Waals surface area contributed by atoms with Gasteiger partial charge in [0.05, 0.1) is 27.2 Å². The summed E-state index contributed by atoms with van der Waals surface area (Å²) in [6.07, 6.45) is 1.82. The summed E-state index contributed by atoms with van der Waals surface area (Å²) >= 11 is 17.5. The molecule has 1 amide bonds. The van der Waals surface area contributed by atoms with E-state index in [1.807, 2.05) is 6.92 Å². The van der Waals surface area contributed by atoms with Gasteiger partial charge in [0.2, 0.25) is 0 Å². The van der Waals surface area contributed by atoms with Gasteiger partial charge in [0.1, 0.15) is 5.69 Å². The SMILES string of the molecule is CCC(C)(CO)NC(=O)c1ncc(Cl)c(Cl)c1Cl. The van der Waals surface area contributed by atoms with Crippen LogP contribution in [-0.4, -0.2) is 28.1 Å². The van der Waals surface area contributed by atoms with Gasteiger partial charge in [-0.2, -0.15) is 0 Å². The highest BCUT2D eigenvalue weighted by Gasteiger charge is 2.26. The molecule has 4 nitrogen and oxygen atoms in total. The van der Waals surface area contributed by atoms with Crippen molar-refractivity contribution in [2.75, 3.05) is 6.61 Å². The Labute approximate surface area is 120 Å². The van der Waals surface area contributed by atoms with E-state index in [0.717, 1.165) is 0 Å². The molecule has 100 valence electrons. The number of carbonyl (C=O) groups is 1. The topological polar surface area (TPSA) is 62.2 Å². The van der Waals surface area contributed by atoms with Gasteiger partial charge >= 0.3 is 0 Å². The summed E-state index contributed by atoms with van der Waals surface area (Å²) in [5.74, 6) is -0.503. The number of pyridine rings is 1. The van der Waals surface area contributed by atoms with E-state index in [2.05, 4.69) is 10.3 Å². The first kappa shape index (κ1) is 15.5. The molecule has 0 spiro atoms. The van der Waals surface area contributed by atoms with E-state index in [4.69, 9.17) is 34.8 Å². The molecule has 1 rings (SSSR count). The van der Waals surface area contributed by atoms with Gasteiger partial charge in [0.15, 0.2) is 0 Å². The van der Waals surface area contributed by atoms with Crippen LogP contribution in [0.1, 0.15) is 30.8 Å². The highest BCUT2D eigenvalue weighted by molar-refractivity contribution is 6.48. The fraction of sp³-hybridized carbons (Fsp3) is 0.455. The maximum atomic E-state index is 12.0. The third kappa shape index (κ3) is 3.26. The molecule has 2 N–H and O–H groups in total. The molecule has 0 aliphatic rings. The minimum Gasteiger partial charge on any atom is -0.394 e. The van der Waals surface area contributed by atoms with Crippen LogP contribution in [0.5, 0.6) is 0 Å². The number of nitrogens with zero attached hydrogens (tertiary/aromatic N) is 1. The molecule has 1 atom stereocenters. The number of amides is 1. The monoisotopic (exact) mass is 310 g/mol. The van der Waals surface area contributed by atoms with E-state index in [-0.39, 0.29) is 27.4 Å². The van der Waals surface area contributed by atoms with Crippen molar-refractivity contribution in [1.82, 2.24) is 10.3 Å². The molecule has 0 bridgehead atoms. The molecule has 0 fully saturated rings. The molecule has 0 aliphatic carbocycles. The van der Waals surface area contributed by atoms with Crippen molar-refractivity contribution in [1.29, 1.82) is 0 Å². The van der Waals surface area contributed by atoms with Crippen molar-refractivity contribution in [3.05, 3.63) is 27.0 Å². The second-order valence-corrected chi connectivity index (χ2v) is 5.27. The molecule has 0 saturated carbocycles. The molecule has 1 aromatic rings. The van der Waals surface area contributed by atoms with Crippen molar-refractivity contribution in [3.8, 4) is 0 Å². The lowest BCUT2D eigenvalue weighted by atomic mass is 10.00. The van der Waals surface area contributed by atoms with Crippen LogP contribution in [0, 0.1) is 0 Å². The largest absolute Gasteiger partial charge is 0.394 e. The zero-order chi connectivity index (χ0) is 13.9. The molecule has 1 unspecified atom stereocenters. The Morgan fingerprint density at radius 1 is 1.44 bits per heavy atom. The average molecular weight is 312 g/mol. The second kappa shape index (κ2) is 6.06. The quantitative estimate of drug-likeness (QED) is 0.898. The van der Waals surface area contributed by atoms with E-state index in [9.17, 15) is 9.90 Å². The molecular formula is C11H13Cl3N2O2. The van der Waals surface area contributed by atoms with Crippen molar-refractivity contribution in [2.45, 2.75) is 25.8 Å². The van der Waals surface area contributed by atoms with Gasteiger partial charge in [-0.3, -0.25) is 4.79 Å². The maximum absolute atomic E-state index is 12.0. The van der Waals surface area contributed by atoms with E-state index in [1.165, 1.54) is 6.20 Å². The van der Waals surface area contributed by atoms with Gasteiger partial charge in [-0.05, 0) is 13.3 Å². The van der Waals surface area contributed by atoms with Crippen molar-refractivity contribution in [3.63, 3.8) is 0 Å². The first-order chi connectivity index (χ1) is 8.34. The Bertz CT molecular complexity index is 462. The molecule has 0 aliphatic heterocycles. The average Bonchev–Trinajstić information content (AvgIpc) is 2.35. The number of halogens is 3. The molecule has 0 radical (unpaired) electrons. The first-order valence-corrected chi connectivity index (χ1v) is 6.41. The number of aromatic nitrogens is 1. The van der Waals surface area contributed by atoms with Crippen molar-refractivity contribution in [2.24, 2.45) is 0 Å². The molecular weight excluding hydrogens is 298 g/mol. The summed E-state index contributed by atoms with van der Waals surface area (Å²) in [6.45, 7) is 3.38. The summed E-state index contributed by atoms with van der Waals surface area (Å²) in [5, 5.41) is 12.2. The number of rotatable bonds is 4. The van der Waals surface area contributed by atoms with Crippen LogP contribution < -0.4 is 5.32 Å². The number of hydrogen-bond acceptors (Lipinski definition) is 3. The molecule has 0 saturated heterocycles. The highest BCUT2D eigenvalue weighted by Crippen LogP contribution is 2.31. The number of aliphatic hydroxyl groups is 1. The first-order valence-electron chi connectivity index (χ1n) is 5.27.